The van der Waals surface area contributed by atoms with Gasteiger partial charge in [0.1, 0.15) is 0 Å². The molecule has 0 saturated carbocycles. The van der Waals surface area contributed by atoms with Crippen molar-refractivity contribution in [3.05, 3.63) is 38.3 Å². The van der Waals surface area contributed by atoms with E-state index in [1.807, 2.05) is 0 Å². The summed E-state index contributed by atoms with van der Waals surface area (Å²) in [5.74, 6) is 0. The molecule has 2 aliphatic heterocycles. The second kappa shape index (κ2) is 4.83. The smallest absolute Gasteiger partial charge is 0.270 e. The number of nitriles is 1. The Balaban J connectivity index is 1.88. The van der Waals surface area contributed by atoms with Gasteiger partial charge in [-0.1, -0.05) is 22.0 Å². The van der Waals surface area contributed by atoms with E-state index in [1.165, 1.54) is 12.1 Å². The zero-order valence-electron chi connectivity index (χ0n) is 10.7. The average Bonchev–Trinajstić information content (AvgIpc) is 3.01. The minimum Gasteiger partial charge on any atom is -0.373 e. The van der Waals surface area contributed by atoms with Crippen molar-refractivity contribution in [2.45, 2.75) is 37.9 Å². The predicted octanol–water partition coefficient (Wildman–Crippen LogP) is 3.36. The van der Waals surface area contributed by atoms with Crippen molar-refractivity contribution in [1.29, 1.82) is 5.26 Å². The van der Waals surface area contributed by atoms with E-state index in [-0.39, 0.29) is 17.9 Å². The maximum absolute atomic E-state index is 10.7. The number of non-ortho nitro benzene ring substituents is 1. The Bertz CT molecular complexity index is 613. The zero-order valence-corrected chi connectivity index (χ0v) is 12.3. The first-order valence-electron chi connectivity index (χ1n) is 6.53. The molecule has 0 radical (unpaired) electrons. The lowest BCUT2D eigenvalue weighted by Gasteiger charge is -2.28. The van der Waals surface area contributed by atoms with E-state index in [9.17, 15) is 15.4 Å². The molecule has 104 valence electrons. The van der Waals surface area contributed by atoms with Gasteiger partial charge in [-0.3, -0.25) is 10.1 Å². The van der Waals surface area contributed by atoms with Gasteiger partial charge < -0.3 is 4.74 Å². The summed E-state index contributed by atoms with van der Waals surface area (Å²) in [5, 5.41) is 20.3. The van der Waals surface area contributed by atoms with Crippen LogP contribution in [-0.4, -0.2) is 17.1 Å². The molecule has 3 atom stereocenters. The average molecular weight is 337 g/mol. The zero-order chi connectivity index (χ0) is 14.3. The summed E-state index contributed by atoms with van der Waals surface area (Å²) in [6.07, 6.45) is 3.51. The molecule has 1 aromatic rings. The Hall–Kier alpha value is -1.45. The monoisotopic (exact) mass is 336 g/mol. The first kappa shape index (κ1) is 13.5. The standard InChI is InChI=1S/C14H13BrN2O3/c15-12-5-10(17(18)19)2-1-9(12)6-14(8-16)7-11-3-4-13(14)20-11/h1-2,5,11,13H,3-4,6-7H2. The number of ether oxygens (including phenoxy) is 1. The van der Waals surface area contributed by atoms with Crippen molar-refractivity contribution in [3.8, 4) is 6.07 Å². The quantitative estimate of drug-likeness (QED) is 0.626. The van der Waals surface area contributed by atoms with Gasteiger partial charge in [-0.05, 0) is 31.2 Å². The summed E-state index contributed by atoms with van der Waals surface area (Å²) in [4.78, 5) is 10.3. The van der Waals surface area contributed by atoms with Gasteiger partial charge in [-0.15, -0.1) is 0 Å². The highest BCUT2D eigenvalue weighted by molar-refractivity contribution is 9.10. The molecular formula is C14H13BrN2O3. The fraction of sp³-hybridized carbons (Fsp3) is 0.500. The van der Waals surface area contributed by atoms with Crippen LogP contribution in [0.1, 0.15) is 24.8 Å². The summed E-state index contributed by atoms with van der Waals surface area (Å²) in [7, 11) is 0. The molecule has 2 saturated heterocycles. The molecule has 2 heterocycles. The lowest BCUT2D eigenvalue weighted by Crippen LogP contribution is -2.33. The number of benzene rings is 1. The van der Waals surface area contributed by atoms with E-state index in [0.29, 0.717) is 10.9 Å². The second-order valence-corrected chi connectivity index (χ2v) is 6.36. The summed E-state index contributed by atoms with van der Waals surface area (Å²) >= 11 is 3.37. The molecule has 3 unspecified atom stereocenters. The molecule has 20 heavy (non-hydrogen) atoms. The summed E-state index contributed by atoms with van der Waals surface area (Å²) in [6.45, 7) is 0. The van der Waals surface area contributed by atoms with Crippen molar-refractivity contribution >= 4 is 21.6 Å². The Labute approximate surface area is 124 Å². The third-order valence-electron chi connectivity index (χ3n) is 4.29. The number of halogens is 1. The normalized spacial score (nSPS) is 31.2. The molecule has 0 aliphatic carbocycles. The van der Waals surface area contributed by atoms with Crippen molar-refractivity contribution in [2.24, 2.45) is 5.41 Å². The highest BCUT2D eigenvalue weighted by Gasteiger charge is 2.52. The number of nitrogens with zero attached hydrogens (tertiary/aromatic N) is 2. The minimum absolute atomic E-state index is 0.000378. The second-order valence-electron chi connectivity index (χ2n) is 5.51. The van der Waals surface area contributed by atoms with E-state index in [1.54, 1.807) is 6.07 Å². The Morgan fingerprint density at radius 1 is 1.55 bits per heavy atom. The van der Waals surface area contributed by atoms with E-state index in [4.69, 9.17) is 4.74 Å². The molecule has 2 bridgehead atoms. The van der Waals surface area contributed by atoms with Crippen molar-refractivity contribution in [3.63, 3.8) is 0 Å². The van der Waals surface area contributed by atoms with Gasteiger partial charge in [-0.25, -0.2) is 0 Å². The molecule has 0 aromatic heterocycles. The molecule has 5 nitrogen and oxygen atoms in total. The third-order valence-corrected chi connectivity index (χ3v) is 5.03. The molecule has 2 fully saturated rings. The Morgan fingerprint density at radius 3 is 2.85 bits per heavy atom. The van der Waals surface area contributed by atoms with Crippen LogP contribution >= 0.6 is 15.9 Å². The fourth-order valence-corrected chi connectivity index (χ4v) is 3.78. The number of fused-ring (bicyclic) bond motifs is 2. The highest BCUT2D eigenvalue weighted by atomic mass is 79.9. The number of nitro groups is 1. The number of hydrogen-bond donors (Lipinski definition) is 0. The lowest BCUT2D eigenvalue weighted by atomic mass is 9.71. The Kier molecular flexibility index (Phi) is 3.27. The maximum atomic E-state index is 10.7. The molecule has 0 spiro atoms. The highest BCUT2D eigenvalue weighted by Crippen LogP contribution is 2.49. The Morgan fingerprint density at radius 2 is 2.35 bits per heavy atom. The first-order valence-corrected chi connectivity index (χ1v) is 7.33. The van der Waals surface area contributed by atoms with Gasteiger partial charge in [0.15, 0.2) is 0 Å². The molecular weight excluding hydrogens is 324 g/mol. The number of hydrogen-bond acceptors (Lipinski definition) is 4. The SMILES string of the molecule is N#CC1(Cc2ccc([N+](=O)[O-])cc2Br)CC2CCC1O2. The summed E-state index contributed by atoms with van der Waals surface area (Å²) in [6, 6.07) is 7.15. The van der Waals surface area contributed by atoms with Crippen LogP contribution in [0, 0.1) is 26.9 Å². The molecule has 2 aliphatic rings. The van der Waals surface area contributed by atoms with Crippen LogP contribution in [0.2, 0.25) is 0 Å². The van der Waals surface area contributed by atoms with Crippen LogP contribution in [0.4, 0.5) is 5.69 Å². The van der Waals surface area contributed by atoms with Gasteiger partial charge in [0.05, 0.1) is 28.6 Å². The molecule has 1 aromatic carbocycles. The topological polar surface area (TPSA) is 76.2 Å². The van der Waals surface area contributed by atoms with Crippen LogP contribution in [0.25, 0.3) is 0 Å². The van der Waals surface area contributed by atoms with Gasteiger partial charge in [0.2, 0.25) is 0 Å². The maximum Gasteiger partial charge on any atom is 0.270 e. The fourth-order valence-electron chi connectivity index (χ4n) is 3.28. The van der Waals surface area contributed by atoms with Crippen molar-refractivity contribution in [1.82, 2.24) is 0 Å². The summed E-state index contributed by atoms with van der Waals surface area (Å²) in [5.41, 5.74) is 0.491. The summed E-state index contributed by atoms with van der Waals surface area (Å²) < 4.78 is 6.49. The van der Waals surface area contributed by atoms with E-state index < -0.39 is 10.3 Å². The molecule has 6 heteroatoms. The van der Waals surface area contributed by atoms with Crippen molar-refractivity contribution < 1.29 is 9.66 Å². The van der Waals surface area contributed by atoms with Gasteiger partial charge in [0, 0.05) is 16.6 Å². The van der Waals surface area contributed by atoms with Crippen LogP contribution < -0.4 is 0 Å². The van der Waals surface area contributed by atoms with Crippen LogP contribution in [0.3, 0.4) is 0 Å². The first-order chi connectivity index (χ1) is 9.54. The van der Waals surface area contributed by atoms with Gasteiger partial charge in [-0.2, -0.15) is 5.26 Å². The van der Waals surface area contributed by atoms with Crippen molar-refractivity contribution in [2.75, 3.05) is 0 Å². The van der Waals surface area contributed by atoms with Gasteiger partial charge >= 0.3 is 0 Å². The number of rotatable bonds is 3. The van der Waals surface area contributed by atoms with Gasteiger partial charge in [0.25, 0.3) is 5.69 Å². The van der Waals surface area contributed by atoms with Crippen LogP contribution in [-0.2, 0) is 11.2 Å². The molecule has 0 amide bonds. The van der Waals surface area contributed by atoms with Crippen LogP contribution in [0.5, 0.6) is 0 Å². The predicted molar refractivity (Wildman–Crippen MR) is 75.1 cm³/mol. The largest absolute Gasteiger partial charge is 0.373 e. The molecule has 0 N–H and O–H groups in total. The van der Waals surface area contributed by atoms with Crippen LogP contribution in [0.15, 0.2) is 22.7 Å². The molecule has 3 rings (SSSR count). The lowest BCUT2D eigenvalue weighted by molar-refractivity contribution is -0.384. The number of nitro benzene ring substituents is 1. The minimum atomic E-state index is -0.485. The third kappa shape index (κ3) is 2.11. The van der Waals surface area contributed by atoms with E-state index in [0.717, 1.165) is 24.8 Å². The van der Waals surface area contributed by atoms with E-state index in [2.05, 4.69) is 22.0 Å². The van der Waals surface area contributed by atoms with E-state index >= 15 is 0 Å².